The highest BCUT2D eigenvalue weighted by atomic mass is 32.1. The van der Waals surface area contributed by atoms with Crippen LogP contribution in [0.15, 0.2) is 24.5 Å². The molecule has 1 aliphatic heterocycles. The number of aryl methyl sites for hydroxylation is 1. The van der Waals surface area contributed by atoms with Crippen molar-refractivity contribution >= 4 is 11.3 Å². The lowest BCUT2D eigenvalue weighted by molar-refractivity contribution is 0.372. The van der Waals surface area contributed by atoms with Gasteiger partial charge in [0, 0.05) is 17.3 Å². The Bertz CT molecular complexity index is 527. The van der Waals surface area contributed by atoms with E-state index in [-0.39, 0.29) is 0 Å². The van der Waals surface area contributed by atoms with Crippen LogP contribution < -0.4 is 5.32 Å². The predicted molar refractivity (Wildman–Crippen MR) is 79.4 cm³/mol. The van der Waals surface area contributed by atoms with Crippen molar-refractivity contribution in [3.8, 4) is 10.7 Å². The van der Waals surface area contributed by atoms with Crippen LogP contribution in [0.5, 0.6) is 0 Å². The number of hydrogen-bond donors (Lipinski definition) is 1. The zero-order chi connectivity index (χ0) is 13.1. The smallest absolute Gasteiger partial charge is 0.142 e. The van der Waals surface area contributed by atoms with Gasteiger partial charge in [0.2, 0.25) is 0 Å². The van der Waals surface area contributed by atoms with Crippen molar-refractivity contribution < 1.29 is 0 Å². The van der Waals surface area contributed by atoms with Crippen LogP contribution in [0.1, 0.15) is 23.3 Å². The Labute approximate surface area is 118 Å². The van der Waals surface area contributed by atoms with E-state index in [9.17, 15) is 0 Å². The summed E-state index contributed by atoms with van der Waals surface area (Å²) in [5, 5.41) is 4.43. The Morgan fingerprint density at radius 2 is 2.05 bits per heavy atom. The monoisotopic (exact) mass is 273 g/mol. The first-order valence-electron chi connectivity index (χ1n) is 6.90. The minimum atomic E-state index is 0.816. The molecule has 19 heavy (non-hydrogen) atoms. The molecule has 0 spiro atoms. The Balaban J connectivity index is 1.68. The van der Waals surface area contributed by atoms with Crippen LogP contribution >= 0.6 is 11.3 Å². The van der Waals surface area contributed by atoms with E-state index in [0.717, 1.165) is 36.1 Å². The third-order valence-electron chi connectivity index (χ3n) is 3.65. The van der Waals surface area contributed by atoms with Crippen LogP contribution in [-0.2, 0) is 6.42 Å². The van der Waals surface area contributed by atoms with Gasteiger partial charge >= 0.3 is 0 Å². The normalized spacial score (nSPS) is 16.7. The molecule has 0 atom stereocenters. The molecule has 0 saturated carbocycles. The lowest BCUT2D eigenvalue weighted by Gasteiger charge is -2.22. The average Bonchev–Trinajstić information content (AvgIpc) is 2.87. The summed E-state index contributed by atoms with van der Waals surface area (Å²) in [6.45, 7) is 4.40. The van der Waals surface area contributed by atoms with Crippen molar-refractivity contribution in [3.63, 3.8) is 0 Å². The van der Waals surface area contributed by atoms with E-state index in [1.807, 2.05) is 12.4 Å². The maximum atomic E-state index is 4.56. The van der Waals surface area contributed by atoms with E-state index < -0.39 is 0 Å². The first-order valence-corrected chi connectivity index (χ1v) is 7.71. The summed E-state index contributed by atoms with van der Waals surface area (Å²) in [7, 11) is 0. The minimum Gasteiger partial charge on any atom is -0.317 e. The molecule has 3 heterocycles. The molecular formula is C15H19N3S. The fourth-order valence-corrected chi connectivity index (χ4v) is 3.31. The second-order valence-electron chi connectivity index (χ2n) is 5.23. The molecule has 0 unspecified atom stereocenters. The molecule has 4 heteroatoms. The molecule has 3 rings (SSSR count). The third kappa shape index (κ3) is 3.19. The maximum Gasteiger partial charge on any atom is 0.142 e. The molecule has 1 N–H and O–H groups in total. The number of pyridine rings is 1. The summed E-state index contributed by atoms with van der Waals surface area (Å²) in [6.07, 6.45) is 7.66. The van der Waals surface area contributed by atoms with Gasteiger partial charge in [0.05, 0.1) is 5.69 Å². The van der Waals surface area contributed by atoms with Gasteiger partial charge in [-0.2, -0.15) is 0 Å². The number of thiazole rings is 1. The van der Waals surface area contributed by atoms with E-state index in [2.05, 4.69) is 34.3 Å². The van der Waals surface area contributed by atoms with Gasteiger partial charge in [-0.25, -0.2) is 4.98 Å². The van der Waals surface area contributed by atoms with E-state index in [0.29, 0.717) is 0 Å². The van der Waals surface area contributed by atoms with Gasteiger partial charge in [-0.05, 0) is 56.8 Å². The molecular weight excluding hydrogens is 254 g/mol. The number of hydrogen-bond acceptors (Lipinski definition) is 4. The van der Waals surface area contributed by atoms with Crippen molar-refractivity contribution in [2.75, 3.05) is 13.1 Å². The van der Waals surface area contributed by atoms with Gasteiger partial charge in [-0.1, -0.05) is 6.07 Å². The first-order chi connectivity index (χ1) is 9.31. The standard InChI is InChI=1S/C15H19N3S/c1-11-9-18-15(19-11)14-3-2-13(10-17-14)8-12-4-6-16-7-5-12/h2-3,9-10,12,16H,4-8H2,1H3. The third-order valence-corrected chi connectivity index (χ3v) is 4.58. The SMILES string of the molecule is Cc1cnc(-c2ccc(CC3CCNCC3)cn2)s1. The van der Waals surface area contributed by atoms with Gasteiger partial charge in [0.1, 0.15) is 5.01 Å². The number of nitrogens with one attached hydrogen (secondary N) is 1. The minimum absolute atomic E-state index is 0.816. The molecule has 100 valence electrons. The molecule has 1 fully saturated rings. The Kier molecular flexibility index (Phi) is 3.89. The summed E-state index contributed by atoms with van der Waals surface area (Å²) >= 11 is 1.70. The van der Waals surface area contributed by atoms with E-state index in [4.69, 9.17) is 0 Å². The van der Waals surface area contributed by atoms with Crippen molar-refractivity contribution in [1.29, 1.82) is 0 Å². The fraction of sp³-hybridized carbons (Fsp3) is 0.467. The summed E-state index contributed by atoms with van der Waals surface area (Å²) in [4.78, 5) is 10.2. The highest BCUT2D eigenvalue weighted by Crippen LogP contribution is 2.24. The molecule has 0 amide bonds. The summed E-state index contributed by atoms with van der Waals surface area (Å²) in [5.74, 6) is 0.816. The first kappa shape index (κ1) is 12.8. The Morgan fingerprint density at radius 1 is 1.21 bits per heavy atom. The molecule has 1 aliphatic rings. The van der Waals surface area contributed by atoms with Crippen LogP contribution in [-0.4, -0.2) is 23.1 Å². The second kappa shape index (κ2) is 5.80. The fourth-order valence-electron chi connectivity index (χ4n) is 2.56. The number of aromatic nitrogens is 2. The van der Waals surface area contributed by atoms with Gasteiger partial charge in [0.25, 0.3) is 0 Å². The highest BCUT2D eigenvalue weighted by Gasteiger charge is 2.13. The number of nitrogens with zero attached hydrogens (tertiary/aromatic N) is 2. The predicted octanol–water partition coefficient (Wildman–Crippen LogP) is 3.06. The summed E-state index contributed by atoms with van der Waals surface area (Å²) < 4.78 is 0. The molecule has 2 aromatic heterocycles. The lowest BCUT2D eigenvalue weighted by atomic mass is 9.91. The zero-order valence-electron chi connectivity index (χ0n) is 11.2. The zero-order valence-corrected chi connectivity index (χ0v) is 12.0. The van der Waals surface area contributed by atoms with Gasteiger partial charge < -0.3 is 5.32 Å². The Hall–Kier alpha value is -1.26. The molecule has 0 radical (unpaired) electrons. The van der Waals surface area contributed by atoms with Crippen LogP contribution in [0.2, 0.25) is 0 Å². The maximum absolute atomic E-state index is 4.56. The lowest BCUT2D eigenvalue weighted by Crippen LogP contribution is -2.28. The van der Waals surface area contributed by atoms with Crippen LogP contribution in [0.3, 0.4) is 0 Å². The molecule has 0 bridgehead atoms. The summed E-state index contributed by atoms with van der Waals surface area (Å²) in [5.41, 5.74) is 2.34. The van der Waals surface area contributed by atoms with Crippen molar-refractivity contribution in [2.45, 2.75) is 26.2 Å². The molecule has 3 nitrogen and oxygen atoms in total. The Morgan fingerprint density at radius 3 is 2.68 bits per heavy atom. The van der Waals surface area contributed by atoms with Crippen molar-refractivity contribution in [3.05, 3.63) is 35.0 Å². The van der Waals surface area contributed by atoms with E-state index in [1.54, 1.807) is 11.3 Å². The van der Waals surface area contributed by atoms with Gasteiger partial charge in [-0.15, -0.1) is 11.3 Å². The highest BCUT2D eigenvalue weighted by molar-refractivity contribution is 7.14. The van der Waals surface area contributed by atoms with Crippen molar-refractivity contribution in [2.24, 2.45) is 5.92 Å². The average molecular weight is 273 g/mol. The van der Waals surface area contributed by atoms with Crippen LogP contribution in [0.4, 0.5) is 0 Å². The molecule has 0 aliphatic carbocycles. The number of rotatable bonds is 3. The van der Waals surface area contributed by atoms with E-state index in [1.165, 1.54) is 23.3 Å². The van der Waals surface area contributed by atoms with E-state index >= 15 is 0 Å². The molecule has 0 aromatic carbocycles. The largest absolute Gasteiger partial charge is 0.317 e. The topological polar surface area (TPSA) is 37.8 Å². The van der Waals surface area contributed by atoms with Crippen LogP contribution in [0, 0.1) is 12.8 Å². The summed E-state index contributed by atoms with van der Waals surface area (Å²) in [6, 6.07) is 4.32. The second-order valence-corrected chi connectivity index (χ2v) is 6.46. The molecule has 1 saturated heterocycles. The van der Waals surface area contributed by atoms with Gasteiger partial charge in [-0.3, -0.25) is 4.98 Å². The number of piperidine rings is 1. The van der Waals surface area contributed by atoms with Crippen molar-refractivity contribution in [1.82, 2.24) is 15.3 Å². The van der Waals surface area contributed by atoms with Crippen LogP contribution in [0.25, 0.3) is 10.7 Å². The van der Waals surface area contributed by atoms with Gasteiger partial charge in [0.15, 0.2) is 0 Å². The molecule has 2 aromatic rings. The quantitative estimate of drug-likeness (QED) is 0.934.